The van der Waals surface area contributed by atoms with Gasteiger partial charge in [-0.25, -0.2) is 9.78 Å². The lowest BCUT2D eigenvalue weighted by Gasteiger charge is -2.36. The summed E-state index contributed by atoms with van der Waals surface area (Å²) in [7, 11) is 0. The highest BCUT2D eigenvalue weighted by Crippen LogP contribution is 2.25. The number of ether oxygens (including phenoxy) is 1. The summed E-state index contributed by atoms with van der Waals surface area (Å²) in [6.45, 7) is 3.59. The average molecular weight is 434 g/mol. The molecule has 2 aliphatic heterocycles. The van der Waals surface area contributed by atoms with Gasteiger partial charge < -0.3 is 9.64 Å². The molecule has 0 bridgehead atoms. The molecule has 2 aliphatic rings. The lowest BCUT2D eigenvalue weighted by atomic mass is 9.98. The minimum atomic E-state index is -0.721. The number of cyclic esters (lactones) is 1. The fourth-order valence-corrected chi connectivity index (χ4v) is 4.94. The molecule has 0 spiro atoms. The highest BCUT2D eigenvalue weighted by molar-refractivity contribution is 7.13. The van der Waals surface area contributed by atoms with Crippen LogP contribution in [0, 0.1) is 0 Å². The quantitative estimate of drug-likeness (QED) is 0.591. The Morgan fingerprint density at radius 2 is 1.77 bits per heavy atom. The van der Waals surface area contributed by atoms with Crippen LogP contribution in [-0.2, 0) is 22.5 Å². The summed E-state index contributed by atoms with van der Waals surface area (Å²) < 4.78 is 5.44. The summed E-state index contributed by atoms with van der Waals surface area (Å²) in [6.07, 6.45) is -0.275. The first kappa shape index (κ1) is 19.9. The second-order valence-electron chi connectivity index (χ2n) is 7.87. The molecule has 1 aromatic heterocycles. The number of benzene rings is 2. The maximum atomic E-state index is 13.0. The molecular formula is C24H23N3O3S. The van der Waals surface area contributed by atoms with Crippen LogP contribution in [0.1, 0.15) is 21.6 Å². The summed E-state index contributed by atoms with van der Waals surface area (Å²) in [6, 6.07) is 17.5. The molecule has 6 nitrogen and oxygen atoms in total. The summed E-state index contributed by atoms with van der Waals surface area (Å²) in [5.41, 5.74) is 3.64. The van der Waals surface area contributed by atoms with E-state index < -0.39 is 12.1 Å². The third-order valence-corrected chi connectivity index (χ3v) is 6.75. The van der Waals surface area contributed by atoms with Crippen molar-refractivity contribution in [3.05, 3.63) is 76.8 Å². The SMILES string of the molecule is O=C1OC(C(=O)N2CCN(Cc3csc(-c4ccccc4)n3)CC2)Cc2ccccc21. The number of carbonyl (C=O) groups is 2. The molecule has 7 heteroatoms. The number of aromatic nitrogens is 1. The Morgan fingerprint density at radius 1 is 1.03 bits per heavy atom. The molecule has 1 saturated heterocycles. The predicted molar refractivity (Wildman–Crippen MR) is 119 cm³/mol. The van der Waals surface area contributed by atoms with Crippen molar-refractivity contribution in [2.75, 3.05) is 26.2 Å². The van der Waals surface area contributed by atoms with E-state index in [9.17, 15) is 9.59 Å². The molecule has 5 rings (SSSR count). The topological polar surface area (TPSA) is 62.7 Å². The van der Waals surface area contributed by atoms with Crippen LogP contribution in [0.4, 0.5) is 0 Å². The molecule has 31 heavy (non-hydrogen) atoms. The zero-order valence-corrected chi connectivity index (χ0v) is 17.9. The minimum Gasteiger partial charge on any atom is -0.448 e. The van der Waals surface area contributed by atoms with Crippen LogP contribution in [-0.4, -0.2) is 58.9 Å². The average Bonchev–Trinajstić information content (AvgIpc) is 3.28. The number of carbonyl (C=O) groups excluding carboxylic acids is 2. The molecule has 0 saturated carbocycles. The maximum Gasteiger partial charge on any atom is 0.339 e. The van der Waals surface area contributed by atoms with Crippen LogP contribution >= 0.6 is 11.3 Å². The van der Waals surface area contributed by atoms with Gasteiger partial charge in [0.1, 0.15) is 5.01 Å². The van der Waals surface area contributed by atoms with Crippen molar-refractivity contribution in [1.82, 2.24) is 14.8 Å². The fraction of sp³-hybridized carbons (Fsp3) is 0.292. The Morgan fingerprint density at radius 3 is 2.58 bits per heavy atom. The van der Waals surface area contributed by atoms with Crippen molar-refractivity contribution in [3.63, 3.8) is 0 Å². The molecule has 2 aromatic carbocycles. The highest BCUT2D eigenvalue weighted by Gasteiger charge is 2.34. The van der Waals surface area contributed by atoms with Gasteiger partial charge in [0.2, 0.25) is 0 Å². The number of amides is 1. The number of thiazole rings is 1. The molecule has 0 radical (unpaired) electrons. The number of rotatable bonds is 4. The van der Waals surface area contributed by atoms with E-state index in [4.69, 9.17) is 9.72 Å². The zero-order chi connectivity index (χ0) is 21.2. The smallest absolute Gasteiger partial charge is 0.339 e. The van der Waals surface area contributed by atoms with Gasteiger partial charge in [-0.05, 0) is 11.6 Å². The second-order valence-corrected chi connectivity index (χ2v) is 8.72. The lowest BCUT2D eigenvalue weighted by molar-refractivity contribution is -0.142. The van der Waals surface area contributed by atoms with E-state index in [1.54, 1.807) is 17.4 Å². The summed E-state index contributed by atoms with van der Waals surface area (Å²) >= 11 is 1.66. The van der Waals surface area contributed by atoms with Crippen LogP contribution in [0.2, 0.25) is 0 Å². The molecule has 1 fully saturated rings. The Labute approximate surface area is 185 Å². The van der Waals surface area contributed by atoms with Crippen molar-refractivity contribution in [2.24, 2.45) is 0 Å². The fourth-order valence-electron chi connectivity index (χ4n) is 4.12. The number of hydrogen-bond acceptors (Lipinski definition) is 6. The summed E-state index contributed by atoms with van der Waals surface area (Å²) in [5, 5.41) is 3.14. The van der Waals surface area contributed by atoms with Crippen LogP contribution in [0.3, 0.4) is 0 Å². The molecule has 3 aromatic rings. The van der Waals surface area contributed by atoms with E-state index in [0.29, 0.717) is 25.1 Å². The maximum absolute atomic E-state index is 13.0. The molecule has 0 N–H and O–H groups in total. The number of nitrogens with zero attached hydrogens (tertiary/aromatic N) is 3. The highest BCUT2D eigenvalue weighted by atomic mass is 32.1. The monoisotopic (exact) mass is 433 g/mol. The van der Waals surface area contributed by atoms with Crippen molar-refractivity contribution in [1.29, 1.82) is 0 Å². The first-order chi connectivity index (χ1) is 15.2. The van der Waals surface area contributed by atoms with Gasteiger partial charge in [0.25, 0.3) is 5.91 Å². The molecule has 1 atom stereocenters. The van der Waals surface area contributed by atoms with Crippen molar-refractivity contribution >= 4 is 23.2 Å². The first-order valence-electron chi connectivity index (χ1n) is 10.5. The number of piperazine rings is 1. The first-order valence-corrected chi connectivity index (χ1v) is 11.4. The standard InChI is InChI=1S/C24H23N3O3S/c28-23(21-14-18-8-4-5-9-20(18)24(29)30-21)27-12-10-26(11-13-27)15-19-16-31-22(25-19)17-6-2-1-3-7-17/h1-9,16,21H,10-15H2. The van der Waals surface area contributed by atoms with Crippen LogP contribution in [0.5, 0.6) is 0 Å². The van der Waals surface area contributed by atoms with Crippen molar-refractivity contribution in [2.45, 2.75) is 19.1 Å². The Kier molecular flexibility index (Phi) is 5.53. The van der Waals surface area contributed by atoms with Gasteiger partial charge in [0, 0.05) is 50.1 Å². The van der Waals surface area contributed by atoms with Gasteiger partial charge in [-0.2, -0.15) is 0 Å². The normalized spacial score (nSPS) is 19.0. The molecule has 1 unspecified atom stereocenters. The van der Waals surface area contributed by atoms with E-state index in [1.165, 1.54) is 0 Å². The zero-order valence-electron chi connectivity index (χ0n) is 17.1. The largest absolute Gasteiger partial charge is 0.448 e. The van der Waals surface area contributed by atoms with Crippen LogP contribution in [0.15, 0.2) is 60.0 Å². The molecule has 1 amide bonds. The van der Waals surface area contributed by atoms with Crippen molar-refractivity contribution in [3.8, 4) is 10.6 Å². The van der Waals surface area contributed by atoms with Gasteiger partial charge in [0.15, 0.2) is 6.10 Å². The predicted octanol–water partition coefficient (Wildman–Crippen LogP) is 3.24. The minimum absolute atomic E-state index is 0.0949. The van der Waals surface area contributed by atoms with Gasteiger partial charge in [-0.3, -0.25) is 9.69 Å². The van der Waals surface area contributed by atoms with E-state index in [1.807, 2.05) is 41.3 Å². The molecule has 158 valence electrons. The van der Waals surface area contributed by atoms with Gasteiger partial charge in [-0.15, -0.1) is 11.3 Å². The second kappa shape index (κ2) is 8.61. The molecular weight excluding hydrogens is 410 g/mol. The third kappa shape index (κ3) is 4.24. The number of hydrogen-bond donors (Lipinski definition) is 0. The van der Waals surface area contributed by atoms with E-state index in [2.05, 4.69) is 22.4 Å². The van der Waals surface area contributed by atoms with E-state index in [0.717, 1.165) is 41.5 Å². The molecule has 0 aliphatic carbocycles. The number of esters is 1. The van der Waals surface area contributed by atoms with E-state index >= 15 is 0 Å². The Balaban J connectivity index is 1.16. The van der Waals surface area contributed by atoms with Gasteiger partial charge in [-0.1, -0.05) is 48.5 Å². The third-order valence-electron chi connectivity index (χ3n) is 5.81. The lowest BCUT2D eigenvalue weighted by Crippen LogP contribution is -2.52. The summed E-state index contributed by atoms with van der Waals surface area (Å²) in [5.74, 6) is -0.501. The van der Waals surface area contributed by atoms with Gasteiger partial charge >= 0.3 is 5.97 Å². The van der Waals surface area contributed by atoms with Gasteiger partial charge in [0.05, 0.1) is 11.3 Å². The molecule has 3 heterocycles. The number of fused-ring (bicyclic) bond motifs is 1. The Bertz CT molecular complexity index is 1090. The van der Waals surface area contributed by atoms with Crippen LogP contribution in [0.25, 0.3) is 10.6 Å². The van der Waals surface area contributed by atoms with E-state index in [-0.39, 0.29) is 5.91 Å². The van der Waals surface area contributed by atoms with Crippen molar-refractivity contribution < 1.29 is 14.3 Å². The Hall–Kier alpha value is -3.03. The summed E-state index contributed by atoms with van der Waals surface area (Å²) in [4.78, 5) is 34.1. The van der Waals surface area contributed by atoms with Crippen LogP contribution < -0.4 is 0 Å².